The molecule has 0 aliphatic heterocycles. The molecular weight excluding hydrogens is 848 g/mol. The summed E-state index contributed by atoms with van der Waals surface area (Å²) in [6, 6.07) is 41.0. The maximum absolute atomic E-state index is 13.3. The van der Waals surface area contributed by atoms with Crippen molar-refractivity contribution >= 4 is 31.6 Å². The average molecular weight is 882 g/mol. The van der Waals surface area contributed by atoms with Gasteiger partial charge in [0.15, 0.2) is 0 Å². The summed E-state index contributed by atoms with van der Waals surface area (Å²) < 4.78 is 36.9. The molecule has 3 aromatic heterocycles. The first-order valence-electron chi connectivity index (χ1n) is 16.8. The Morgan fingerprint density at radius 3 is 2.25 bits per heavy atom. The molecule has 0 bridgehead atoms. The van der Waals surface area contributed by atoms with E-state index in [9.17, 15) is 8.42 Å². The number of fused-ring (bicyclic) bond motifs is 3. The Balaban J connectivity index is 0.00000420. The molecule has 8 rings (SSSR count). The summed E-state index contributed by atoms with van der Waals surface area (Å²) in [5, 5.41) is 6.82. The largest absolute Gasteiger partial charge is 2.00 e. The minimum Gasteiger partial charge on any atom is -0.509 e. The van der Waals surface area contributed by atoms with Crippen LogP contribution < -0.4 is 4.74 Å². The smallest absolute Gasteiger partial charge is 0.509 e. The molecular formula is C43H34N4O3PtS. The molecule has 0 aliphatic carbocycles. The van der Waals surface area contributed by atoms with E-state index >= 15 is 0 Å². The zero-order chi connectivity index (χ0) is 35.3. The van der Waals surface area contributed by atoms with Gasteiger partial charge in [0.2, 0.25) is 9.84 Å². The number of sulfone groups is 1. The fourth-order valence-corrected chi connectivity index (χ4v) is 8.14. The molecule has 0 atom stereocenters. The van der Waals surface area contributed by atoms with E-state index in [0.717, 1.165) is 49.9 Å². The van der Waals surface area contributed by atoms with Gasteiger partial charge >= 0.3 is 21.1 Å². The Bertz CT molecular complexity index is 2680. The molecule has 0 saturated heterocycles. The molecule has 8 aromatic rings. The summed E-state index contributed by atoms with van der Waals surface area (Å²) in [4.78, 5) is 5.29. The minimum absolute atomic E-state index is 0. The van der Waals surface area contributed by atoms with E-state index in [1.807, 2.05) is 62.6 Å². The average Bonchev–Trinajstić information content (AvgIpc) is 3.75. The normalized spacial score (nSPS) is 11.6. The quantitative estimate of drug-likeness (QED) is 0.142. The number of aromatic nitrogens is 4. The molecule has 52 heavy (non-hydrogen) atoms. The van der Waals surface area contributed by atoms with Gasteiger partial charge in [0.25, 0.3) is 0 Å². The first kappa shape index (κ1) is 35.1. The van der Waals surface area contributed by atoms with Crippen LogP contribution in [0.3, 0.4) is 0 Å². The molecule has 260 valence electrons. The van der Waals surface area contributed by atoms with Crippen molar-refractivity contribution < 1.29 is 34.2 Å². The Kier molecular flexibility index (Phi) is 9.47. The Morgan fingerprint density at radius 1 is 0.750 bits per heavy atom. The number of ether oxygens (including phenoxy) is 1. The molecule has 0 radical (unpaired) electrons. The number of hydrogen-bond donors (Lipinski definition) is 0. The standard InChI is InChI=1S/C43H34N4O3S.Pt/c1-28(2)31-19-20-44-42(23-31)47-40-16-9-8-15-38(40)39-18-17-35(25-41(39)47)50-34-12-10-11-33(24-34)46-27-32(26-45-46)43-29(3)21-37(22-30(43)4)51(48,49)36-13-6-5-7-14-36;/h5-23,26-28H,1-4H3;/q-2;+2. The first-order valence-corrected chi connectivity index (χ1v) is 18.2. The van der Waals surface area contributed by atoms with Crippen LogP contribution in [0.15, 0.2) is 138 Å². The van der Waals surface area contributed by atoms with Gasteiger partial charge in [-0.25, -0.2) is 13.4 Å². The van der Waals surface area contributed by atoms with Crippen LogP contribution in [-0.4, -0.2) is 27.7 Å². The Hall–Kier alpha value is -5.30. The number of para-hydroxylation sites is 1. The fraction of sp³-hybridized carbons (Fsp3) is 0.116. The van der Waals surface area contributed by atoms with Crippen molar-refractivity contribution in [3.8, 4) is 34.1 Å². The SMILES string of the molecule is Cc1cc(S(=O)(=O)c2ccccc2)cc(C)c1-c1cnn(-c2[c-]c(Oc3[c-]c4c(cc3)c3ccccc3n4-c3cc(C(C)C)ccn3)ccc2)c1.[Pt+2]. The van der Waals surface area contributed by atoms with Gasteiger partial charge in [0, 0.05) is 35.0 Å². The third kappa shape index (κ3) is 6.38. The summed E-state index contributed by atoms with van der Waals surface area (Å²) in [6.45, 7) is 8.21. The van der Waals surface area contributed by atoms with Crippen molar-refractivity contribution in [2.75, 3.05) is 0 Å². The number of pyridine rings is 1. The van der Waals surface area contributed by atoms with E-state index in [-0.39, 0.29) is 30.9 Å². The molecule has 0 N–H and O–H groups in total. The zero-order valence-corrected chi connectivity index (χ0v) is 32.0. The molecule has 7 nitrogen and oxygen atoms in total. The molecule has 0 spiro atoms. The van der Waals surface area contributed by atoms with Crippen molar-refractivity contribution in [3.05, 3.63) is 157 Å². The van der Waals surface area contributed by atoms with E-state index < -0.39 is 9.84 Å². The van der Waals surface area contributed by atoms with Crippen molar-refractivity contribution in [3.63, 3.8) is 0 Å². The predicted octanol–water partition coefficient (Wildman–Crippen LogP) is 9.99. The Labute approximate surface area is 317 Å². The van der Waals surface area contributed by atoms with E-state index in [1.54, 1.807) is 53.3 Å². The minimum atomic E-state index is -3.64. The second-order valence-corrected chi connectivity index (χ2v) is 14.9. The van der Waals surface area contributed by atoms with Crippen LogP contribution >= 0.6 is 0 Å². The van der Waals surface area contributed by atoms with Crippen LogP contribution in [0, 0.1) is 26.0 Å². The summed E-state index contributed by atoms with van der Waals surface area (Å²) in [5.74, 6) is 2.28. The zero-order valence-electron chi connectivity index (χ0n) is 28.9. The van der Waals surface area contributed by atoms with Gasteiger partial charge in [-0.05, 0) is 95.6 Å². The number of nitrogens with zero attached hydrogens (tertiary/aromatic N) is 4. The predicted molar refractivity (Wildman–Crippen MR) is 201 cm³/mol. The van der Waals surface area contributed by atoms with Gasteiger partial charge in [-0.1, -0.05) is 55.8 Å². The maximum atomic E-state index is 13.3. The van der Waals surface area contributed by atoms with Crippen LogP contribution in [0.25, 0.3) is 44.4 Å². The molecule has 0 unspecified atom stereocenters. The third-order valence-corrected chi connectivity index (χ3v) is 10.9. The number of benzene rings is 5. The Morgan fingerprint density at radius 2 is 1.48 bits per heavy atom. The van der Waals surface area contributed by atoms with Gasteiger partial charge < -0.3 is 9.30 Å². The summed E-state index contributed by atoms with van der Waals surface area (Å²) >= 11 is 0. The summed E-state index contributed by atoms with van der Waals surface area (Å²) in [7, 11) is -3.64. The fourth-order valence-electron chi connectivity index (χ4n) is 6.69. The van der Waals surface area contributed by atoms with Gasteiger partial charge in [0.1, 0.15) is 5.82 Å². The number of aryl methyl sites for hydroxylation is 2. The molecule has 5 aromatic carbocycles. The van der Waals surface area contributed by atoms with E-state index in [1.165, 1.54) is 5.56 Å². The molecule has 0 aliphatic rings. The van der Waals surface area contributed by atoms with Gasteiger partial charge in [-0.2, -0.15) is 17.2 Å². The molecule has 9 heteroatoms. The van der Waals surface area contributed by atoms with E-state index in [4.69, 9.17) is 9.72 Å². The van der Waals surface area contributed by atoms with Crippen LogP contribution in [-0.2, 0) is 30.9 Å². The van der Waals surface area contributed by atoms with Crippen LogP contribution in [0.2, 0.25) is 0 Å². The van der Waals surface area contributed by atoms with Crippen molar-refractivity contribution in [2.24, 2.45) is 0 Å². The van der Waals surface area contributed by atoms with Crippen LogP contribution in [0.1, 0.15) is 36.5 Å². The first-order chi connectivity index (χ1) is 24.7. The second kappa shape index (κ2) is 14.0. The number of hydrogen-bond acceptors (Lipinski definition) is 5. The second-order valence-electron chi connectivity index (χ2n) is 13.0. The van der Waals surface area contributed by atoms with Gasteiger partial charge in [-0.15, -0.1) is 35.7 Å². The monoisotopic (exact) mass is 881 g/mol. The van der Waals surface area contributed by atoms with Crippen molar-refractivity contribution in [2.45, 2.75) is 43.4 Å². The molecule has 0 saturated carbocycles. The van der Waals surface area contributed by atoms with Crippen LogP contribution in [0.5, 0.6) is 11.5 Å². The van der Waals surface area contributed by atoms with Gasteiger partial charge in [-0.3, -0.25) is 4.68 Å². The van der Waals surface area contributed by atoms with E-state index in [2.05, 4.69) is 66.0 Å². The van der Waals surface area contributed by atoms with Crippen LogP contribution in [0.4, 0.5) is 0 Å². The van der Waals surface area contributed by atoms with Gasteiger partial charge in [0.05, 0.1) is 16.0 Å². The molecule has 0 amide bonds. The van der Waals surface area contributed by atoms with E-state index in [0.29, 0.717) is 23.1 Å². The molecule has 3 heterocycles. The maximum Gasteiger partial charge on any atom is 2.00 e. The van der Waals surface area contributed by atoms with Crippen molar-refractivity contribution in [1.82, 2.24) is 19.3 Å². The van der Waals surface area contributed by atoms with Crippen molar-refractivity contribution in [1.29, 1.82) is 0 Å². The number of rotatable bonds is 8. The molecule has 0 fully saturated rings. The summed E-state index contributed by atoms with van der Waals surface area (Å²) in [6.07, 6.45) is 5.57. The summed E-state index contributed by atoms with van der Waals surface area (Å²) in [5.41, 5.74) is 7.34. The third-order valence-electron chi connectivity index (χ3n) is 9.18. The topological polar surface area (TPSA) is 79.0 Å².